The minimum atomic E-state index is -0.622. The highest BCUT2D eigenvalue weighted by Gasteiger charge is 2.04. The molecule has 0 aliphatic rings. The van der Waals surface area contributed by atoms with Crippen molar-refractivity contribution in [1.29, 1.82) is 5.41 Å². The Morgan fingerprint density at radius 1 is 1.43 bits per heavy atom. The second kappa shape index (κ2) is 4.76. The summed E-state index contributed by atoms with van der Waals surface area (Å²) in [6.07, 6.45) is 1.87. The summed E-state index contributed by atoms with van der Waals surface area (Å²) in [6.45, 7) is 0. The molecular weight excluding hydrogens is 182 g/mol. The van der Waals surface area contributed by atoms with Crippen LogP contribution in [0.1, 0.15) is 0 Å². The first-order valence-electron chi connectivity index (χ1n) is 3.90. The summed E-state index contributed by atoms with van der Waals surface area (Å²) in [6, 6.07) is 9.02. The van der Waals surface area contributed by atoms with Gasteiger partial charge in [-0.3, -0.25) is 10.1 Å². The number of nitro groups is 1. The summed E-state index contributed by atoms with van der Waals surface area (Å²) in [5.41, 5.74) is 0.461. The fraction of sp³-hybridized carbons (Fsp3) is 0. The number of hydrogen-bond acceptors (Lipinski definition) is 4. The molecular formula is C9H9N3O2. The summed E-state index contributed by atoms with van der Waals surface area (Å²) in [5.74, 6) is 0. The zero-order valence-electron chi connectivity index (χ0n) is 7.31. The van der Waals surface area contributed by atoms with E-state index in [-0.39, 0.29) is 5.70 Å². The third kappa shape index (κ3) is 2.71. The molecule has 0 aliphatic heterocycles. The SMILES string of the molecule is N=C/C(=C\Nc1ccccc1)[N+](=O)[O-]. The molecule has 1 rings (SSSR count). The van der Waals surface area contributed by atoms with Gasteiger partial charge in [0.15, 0.2) is 0 Å². The molecule has 5 nitrogen and oxygen atoms in total. The quantitative estimate of drug-likeness (QED) is 0.433. The first-order chi connectivity index (χ1) is 6.74. The zero-order valence-corrected chi connectivity index (χ0v) is 7.31. The van der Waals surface area contributed by atoms with Crippen molar-refractivity contribution in [2.75, 3.05) is 5.32 Å². The molecule has 0 aromatic heterocycles. The van der Waals surface area contributed by atoms with Crippen molar-refractivity contribution in [2.45, 2.75) is 0 Å². The third-order valence-electron chi connectivity index (χ3n) is 1.52. The van der Waals surface area contributed by atoms with Crippen molar-refractivity contribution in [3.63, 3.8) is 0 Å². The molecule has 72 valence electrons. The van der Waals surface area contributed by atoms with Crippen molar-refractivity contribution in [2.24, 2.45) is 0 Å². The molecule has 0 aliphatic carbocycles. The Bertz CT molecular complexity index is 360. The maximum Gasteiger partial charge on any atom is 0.302 e. The number of nitrogens with one attached hydrogen (secondary N) is 2. The van der Waals surface area contributed by atoms with Crippen LogP contribution in [0.4, 0.5) is 5.69 Å². The van der Waals surface area contributed by atoms with E-state index in [0.29, 0.717) is 6.21 Å². The van der Waals surface area contributed by atoms with E-state index in [0.717, 1.165) is 5.69 Å². The minimum absolute atomic E-state index is 0.283. The topological polar surface area (TPSA) is 79.0 Å². The lowest BCUT2D eigenvalue weighted by Gasteiger charge is -1.98. The van der Waals surface area contributed by atoms with Gasteiger partial charge in [-0.1, -0.05) is 18.2 Å². The normalized spacial score (nSPS) is 10.7. The van der Waals surface area contributed by atoms with Gasteiger partial charge in [0.25, 0.3) is 0 Å². The predicted octanol–water partition coefficient (Wildman–Crippen LogP) is 1.87. The van der Waals surface area contributed by atoms with Gasteiger partial charge in [0.2, 0.25) is 0 Å². The Morgan fingerprint density at radius 3 is 2.57 bits per heavy atom. The molecule has 2 N–H and O–H groups in total. The Morgan fingerprint density at radius 2 is 2.07 bits per heavy atom. The Hall–Kier alpha value is -2.17. The molecule has 0 radical (unpaired) electrons. The lowest BCUT2D eigenvalue weighted by atomic mass is 10.3. The van der Waals surface area contributed by atoms with Crippen LogP contribution in [-0.4, -0.2) is 11.1 Å². The van der Waals surface area contributed by atoms with Crippen LogP contribution in [0.3, 0.4) is 0 Å². The van der Waals surface area contributed by atoms with E-state index in [1.54, 1.807) is 12.1 Å². The third-order valence-corrected chi connectivity index (χ3v) is 1.52. The number of para-hydroxylation sites is 1. The summed E-state index contributed by atoms with van der Waals surface area (Å²) < 4.78 is 0. The van der Waals surface area contributed by atoms with Crippen LogP contribution >= 0.6 is 0 Å². The lowest BCUT2D eigenvalue weighted by molar-refractivity contribution is -0.414. The van der Waals surface area contributed by atoms with Gasteiger partial charge < -0.3 is 10.7 Å². The molecule has 1 aromatic rings. The number of rotatable bonds is 4. The fourth-order valence-electron chi connectivity index (χ4n) is 0.839. The summed E-state index contributed by atoms with van der Waals surface area (Å²) in [4.78, 5) is 9.68. The molecule has 0 heterocycles. The number of anilines is 1. The molecule has 0 saturated carbocycles. The first-order valence-corrected chi connectivity index (χ1v) is 3.90. The van der Waals surface area contributed by atoms with Crippen LogP contribution in [0.2, 0.25) is 0 Å². The predicted molar refractivity (Wildman–Crippen MR) is 53.9 cm³/mol. The summed E-state index contributed by atoms with van der Waals surface area (Å²) >= 11 is 0. The molecule has 0 saturated heterocycles. The van der Waals surface area contributed by atoms with E-state index in [2.05, 4.69) is 5.32 Å². The van der Waals surface area contributed by atoms with E-state index in [9.17, 15) is 10.1 Å². The Balaban J connectivity index is 2.71. The van der Waals surface area contributed by atoms with E-state index >= 15 is 0 Å². The average Bonchev–Trinajstić information content (AvgIpc) is 2.20. The van der Waals surface area contributed by atoms with Crippen LogP contribution in [0.25, 0.3) is 0 Å². The van der Waals surface area contributed by atoms with Crippen LogP contribution in [0.15, 0.2) is 42.2 Å². The molecule has 0 atom stereocenters. The van der Waals surface area contributed by atoms with Gasteiger partial charge in [-0.2, -0.15) is 0 Å². The summed E-state index contributed by atoms with van der Waals surface area (Å²) in [7, 11) is 0. The molecule has 0 amide bonds. The molecule has 0 bridgehead atoms. The van der Waals surface area contributed by atoms with Crippen molar-refractivity contribution in [3.8, 4) is 0 Å². The van der Waals surface area contributed by atoms with Gasteiger partial charge in [-0.15, -0.1) is 0 Å². The second-order valence-corrected chi connectivity index (χ2v) is 2.48. The van der Waals surface area contributed by atoms with Gasteiger partial charge in [0.1, 0.15) is 0 Å². The zero-order chi connectivity index (χ0) is 10.4. The monoisotopic (exact) mass is 191 g/mol. The molecule has 14 heavy (non-hydrogen) atoms. The largest absolute Gasteiger partial charge is 0.356 e. The molecule has 1 aromatic carbocycles. The highest BCUT2D eigenvalue weighted by atomic mass is 16.6. The van der Waals surface area contributed by atoms with Crippen LogP contribution < -0.4 is 5.32 Å². The van der Waals surface area contributed by atoms with Crippen molar-refractivity contribution in [1.82, 2.24) is 0 Å². The van der Waals surface area contributed by atoms with Crippen molar-refractivity contribution < 1.29 is 4.92 Å². The van der Waals surface area contributed by atoms with Crippen LogP contribution in [0.5, 0.6) is 0 Å². The van der Waals surface area contributed by atoms with Gasteiger partial charge in [-0.25, -0.2) is 0 Å². The highest BCUT2D eigenvalue weighted by molar-refractivity contribution is 5.73. The molecule has 0 spiro atoms. The molecule has 0 fully saturated rings. The average molecular weight is 191 g/mol. The Kier molecular flexibility index (Phi) is 3.37. The number of allylic oxidation sites excluding steroid dienone is 1. The second-order valence-electron chi connectivity index (χ2n) is 2.48. The van der Waals surface area contributed by atoms with E-state index in [1.807, 2.05) is 18.2 Å². The fourth-order valence-corrected chi connectivity index (χ4v) is 0.839. The van der Waals surface area contributed by atoms with E-state index < -0.39 is 4.92 Å². The first kappa shape index (κ1) is 9.91. The molecule has 0 unspecified atom stereocenters. The molecule has 5 heteroatoms. The number of nitrogens with zero attached hydrogens (tertiary/aromatic N) is 1. The van der Waals surface area contributed by atoms with E-state index in [4.69, 9.17) is 5.41 Å². The van der Waals surface area contributed by atoms with Crippen molar-refractivity contribution in [3.05, 3.63) is 52.3 Å². The standard InChI is InChI=1S/C9H9N3O2/c10-6-9(12(13)14)7-11-8-4-2-1-3-5-8/h1-7,10-11H/b9-7+,10-6?. The van der Waals surface area contributed by atoms with Gasteiger partial charge in [-0.05, 0) is 12.1 Å². The summed E-state index contributed by atoms with van der Waals surface area (Å²) in [5, 5.41) is 19.8. The number of hydrogen-bond donors (Lipinski definition) is 2. The highest BCUT2D eigenvalue weighted by Crippen LogP contribution is 2.05. The van der Waals surface area contributed by atoms with Gasteiger partial charge in [0.05, 0.1) is 17.3 Å². The minimum Gasteiger partial charge on any atom is -0.356 e. The smallest absolute Gasteiger partial charge is 0.302 e. The van der Waals surface area contributed by atoms with Gasteiger partial charge >= 0.3 is 5.70 Å². The Labute approximate surface area is 80.7 Å². The van der Waals surface area contributed by atoms with Crippen LogP contribution in [-0.2, 0) is 0 Å². The van der Waals surface area contributed by atoms with Crippen LogP contribution in [0, 0.1) is 15.5 Å². The van der Waals surface area contributed by atoms with Gasteiger partial charge in [0, 0.05) is 5.69 Å². The lowest BCUT2D eigenvalue weighted by Crippen LogP contribution is -2.02. The van der Waals surface area contributed by atoms with Crippen molar-refractivity contribution >= 4 is 11.9 Å². The number of benzene rings is 1. The maximum atomic E-state index is 10.3. The maximum absolute atomic E-state index is 10.3. The van der Waals surface area contributed by atoms with E-state index in [1.165, 1.54) is 6.20 Å².